The summed E-state index contributed by atoms with van der Waals surface area (Å²) in [5.74, 6) is 0.333. The van der Waals surface area contributed by atoms with Gasteiger partial charge >= 0.3 is 0 Å². The van der Waals surface area contributed by atoms with Crippen molar-refractivity contribution in [3.63, 3.8) is 0 Å². The highest BCUT2D eigenvalue weighted by molar-refractivity contribution is 7.89. The highest BCUT2D eigenvalue weighted by Crippen LogP contribution is 2.30. The second-order valence-electron chi connectivity index (χ2n) is 4.85. The Balaban J connectivity index is 1.73. The second kappa shape index (κ2) is 6.68. The number of amides is 1. The van der Waals surface area contributed by atoms with Crippen molar-refractivity contribution in [3.8, 4) is 11.5 Å². The zero-order valence-corrected chi connectivity index (χ0v) is 13.9. The maximum atomic E-state index is 12.2. The molecule has 126 valence electrons. The van der Waals surface area contributed by atoms with Crippen molar-refractivity contribution >= 4 is 27.5 Å². The standard InChI is InChI=1S/C15H13ClN2O5S/c16-11-3-1-2-4-14(11)24(20,21)18-17-15(19)10-5-6-12-13(9-10)23-8-7-22-12/h1-6,9,18H,7-8H2,(H,17,19). The minimum absolute atomic E-state index is 0.0542. The Labute approximate surface area is 143 Å². The van der Waals surface area contributed by atoms with Crippen LogP contribution in [-0.4, -0.2) is 27.5 Å². The van der Waals surface area contributed by atoms with E-state index in [1.165, 1.54) is 30.3 Å². The van der Waals surface area contributed by atoms with Crippen LogP contribution in [0.2, 0.25) is 5.02 Å². The van der Waals surface area contributed by atoms with Crippen molar-refractivity contribution in [2.24, 2.45) is 0 Å². The number of ether oxygens (including phenoxy) is 2. The van der Waals surface area contributed by atoms with Crippen LogP contribution >= 0.6 is 11.6 Å². The fourth-order valence-electron chi connectivity index (χ4n) is 2.09. The molecule has 2 aromatic rings. The van der Waals surface area contributed by atoms with Gasteiger partial charge in [0, 0.05) is 5.56 Å². The summed E-state index contributed by atoms with van der Waals surface area (Å²) >= 11 is 5.86. The highest BCUT2D eigenvalue weighted by atomic mass is 35.5. The minimum atomic E-state index is -3.98. The van der Waals surface area contributed by atoms with Crippen LogP contribution in [0.4, 0.5) is 0 Å². The third kappa shape index (κ3) is 3.45. The summed E-state index contributed by atoms with van der Waals surface area (Å²) in [7, 11) is -3.98. The van der Waals surface area contributed by atoms with Crippen molar-refractivity contribution in [3.05, 3.63) is 53.1 Å². The maximum Gasteiger partial charge on any atom is 0.266 e. The van der Waals surface area contributed by atoms with E-state index < -0.39 is 15.9 Å². The molecular formula is C15H13ClN2O5S. The first-order valence-electron chi connectivity index (χ1n) is 6.94. The molecule has 9 heteroatoms. The lowest BCUT2D eigenvalue weighted by atomic mass is 10.2. The number of rotatable bonds is 4. The Morgan fingerprint density at radius 1 is 1.04 bits per heavy atom. The molecule has 0 unspecified atom stereocenters. The molecule has 0 atom stereocenters. The first kappa shape index (κ1) is 16.6. The number of benzene rings is 2. The predicted octanol–water partition coefficient (Wildman–Crippen LogP) is 1.73. The molecule has 3 rings (SSSR count). The SMILES string of the molecule is O=C(NNS(=O)(=O)c1ccccc1Cl)c1ccc2c(c1)OCCO2. The summed E-state index contributed by atoms with van der Waals surface area (Å²) < 4.78 is 35.1. The molecule has 0 fully saturated rings. The lowest BCUT2D eigenvalue weighted by Gasteiger charge is -2.18. The number of hydrogen-bond donors (Lipinski definition) is 2. The topological polar surface area (TPSA) is 93.7 Å². The molecule has 1 aliphatic heterocycles. The van der Waals surface area contributed by atoms with Gasteiger partial charge in [0.2, 0.25) is 0 Å². The van der Waals surface area contributed by atoms with Gasteiger partial charge in [-0.3, -0.25) is 10.2 Å². The van der Waals surface area contributed by atoms with Gasteiger partial charge in [-0.15, -0.1) is 4.83 Å². The van der Waals surface area contributed by atoms with E-state index in [4.69, 9.17) is 21.1 Å². The summed E-state index contributed by atoms with van der Waals surface area (Å²) in [6.07, 6.45) is 0. The summed E-state index contributed by atoms with van der Waals surface area (Å²) in [6, 6.07) is 10.5. The van der Waals surface area contributed by atoms with Gasteiger partial charge in [0.25, 0.3) is 15.9 Å². The number of hydrogen-bond acceptors (Lipinski definition) is 5. The molecular weight excluding hydrogens is 356 g/mol. The predicted molar refractivity (Wildman–Crippen MR) is 86.7 cm³/mol. The fraction of sp³-hybridized carbons (Fsp3) is 0.133. The molecule has 1 heterocycles. The van der Waals surface area contributed by atoms with E-state index in [0.717, 1.165) is 0 Å². The summed E-state index contributed by atoms with van der Waals surface area (Å²) in [5, 5.41) is 0.0542. The quantitative estimate of drug-likeness (QED) is 0.802. The molecule has 0 saturated carbocycles. The van der Waals surface area contributed by atoms with Gasteiger partial charge in [-0.1, -0.05) is 23.7 Å². The average molecular weight is 369 g/mol. The molecule has 0 bridgehead atoms. The molecule has 0 aliphatic carbocycles. The molecule has 2 aromatic carbocycles. The van der Waals surface area contributed by atoms with E-state index in [9.17, 15) is 13.2 Å². The number of sulfonamides is 1. The zero-order chi connectivity index (χ0) is 17.2. The lowest BCUT2D eigenvalue weighted by Crippen LogP contribution is -2.41. The summed E-state index contributed by atoms with van der Waals surface area (Å²) in [4.78, 5) is 14.0. The number of carbonyl (C=O) groups is 1. The van der Waals surface area contributed by atoms with Crippen molar-refractivity contribution in [2.75, 3.05) is 13.2 Å². The van der Waals surface area contributed by atoms with Crippen LogP contribution in [0.5, 0.6) is 11.5 Å². The van der Waals surface area contributed by atoms with Gasteiger partial charge in [-0.05, 0) is 30.3 Å². The van der Waals surface area contributed by atoms with Crippen LogP contribution in [0.1, 0.15) is 10.4 Å². The maximum absolute atomic E-state index is 12.2. The molecule has 2 N–H and O–H groups in total. The normalized spacial score (nSPS) is 13.4. The molecule has 24 heavy (non-hydrogen) atoms. The lowest BCUT2D eigenvalue weighted by molar-refractivity contribution is 0.0944. The van der Waals surface area contributed by atoms with Crippen LogP contribution in [-0.2, 0) is 10.0 Å². The minimum Gasteiger partial charge on any atom is -0.486 e. The molecule has 0 aromatic heterocycles. The molecule has 1 amide bonds. The Hall–Kier alpha value is -2.29. The molecule has 1 aliphatic rings. The molecule has 7 nitrogen and oxygen atoms in total. The van der Waals surface area contributed by atoms with Crippen LogP contribution in [0.15, 0.2) is 47.4 Å². The largest absolute Gasteiger partial charge is 0.486 e. The summed E-state index contributed by atoms with van der Waals surface area (Å²) in [6.45, 7) is 0.827. The Morgan fingerprint density at radius 3 is 2.50 bits per heavy atom. The Morgan fingerprint density at radius 2 is 1.75 bits per heavy atom. The van der Waals surface area contributed by atoms with Crippen molar-refractivity contribution in [1.29, 1.82) is 0 Å². The number of hydrazine groups is 1. The van der Waals surface area contributed by atoms with Gasteiger partial charge in [0.05, 0.1) is 5.02 Å². The van der Waals surface area contributed by atoms with Crippen LogP contribution in [0, 0.1) is 0 Å². The second-order valence-corrected chi connectivity index (χ2v) is 6.91. The number of fused-ring (bicyclic) bond motifs is 1. The van der Waals surface area contributed by atoms with Gasteiger partial charge < -0.3 is 9.47 Å². The molecule has 0 radical (unpaired) electrons. The molecule has 0 saturated heterocycles. The fourth-order valence-corrected chi connectivity index (χ4v) is 3.45. The van der Waals surface area contributed by atoms with Crippen LogP contribution < -0.4 is 19.7 Å². The first-order valence-corrected chi connectivity index (χ1v) is 8.80. The van der Waals surface area contributed by atoms with Gasteiger partial charge in [0.15, 0.2) is 11.5 Å². The van der Waals surface area contributed by atoms with Gasteiger partial charge in [-0.2, -0.15) is 0 Å². The van der Waals surface area contributed by atoms with Gasteiger partial charge in [-0.25, -0.2) is 8.42 Å². The smallest absolute Gasteiger partial charge is 0.266 e. The number of carbonyl (C=O) groups excluding carboxylic acids is 1. The van der Waals surface area contributed by atoms with Crippen molar-refractivity contribution in [1.82, 2.24) is 10.3 Å². The number of halogens is 1. The third-order valence-corrected chi connectivity index (χ3v) is 4.98. The van der Waals surface area contributed by atoms with E-state index >= 15 is 0 Å². The Bertz CT molecular complexity index is 885. The van der Waals surface area contributed by atoms with E-state index in [1.54, 1.807) is 12.1 Å². The molecule has 0 spiro atoms. The highest BCUT2D eigenvalue weighted by Gasteiger charge is 2.20. The van der Waals surface area contributed by atoms with E-state index in [1.807, 2.05) is 4.83 Å². The monoisotopic (exact) mass is 368 g/mol. The third-order valence-electron chi connectivity index (χ3n) is 3.23. The van der Waals surface area contributed by atoms with Crippen LogP contribution in [0.3, 0.4) is 0 Å². The average Bonchev–Trinajstić information content (AvgIpc) is 2.59. The first-order chi connectivity index (χ1) is 11.5. The van der Waals surface area contributed by atoms with Crippen LogP contribution in [0.25, 0.3) is 0 Å². The van der Waals surface area contributed by atoms with E-state index in [-0.39, 0.29) is 15.5 Å². The zero-order valence-electron chi connectivity index (χ0n) is 12.3. The van der Waals surface area contributed by atoms with E-state index in [2.05, 4.69) is 5.43 Å². The van der Waals surface area contributed by atoms with Crippen molar-refractivity contribution < 1.29 is 22.7 Å². The number of nitrogens with one attached hydrogen (secondary N) is 2. The van der Waals surface area contributed by atoms with E-state index in [0.29, 0.717) is 24.7 Å². The summed E-state index contributed by atoms with van der Waals surface area (Å²) in [5.41, 5.74) is 2.36. The van der Waals surface area contributed by atoms with Crippen molar-refractivity contribution in [2.45, 2.75) is 4.90 Å². The van der Waals surface area contributed by atoms with Gasteiger partial charge in [0.1, 0.15) is 18.1 Å². The Kier molecular flexibility index (Phi) is 4.61.